The van der Waals surface area contributed by atoms with Crippen LogP contribution in [-0.2, 0) is 0 Å². The largest absolute Gasteiger partial charge is 0.391 e. The first-order valence-electron chi connectivity index (χ1n) is 6.84. The molecule has 0 bridgehead atoms. The quantitative estimate of drug-likeness (QED) is 0.926. The Bertz CT molecular complexity index is 744. The van der Waals surface area contributed by atoms with Gasteiger partial charge in [-0.25, -0.2) is 13.8 Å². The molecular weight excluding hydrogens is 288 g/mol. The van der Waals surface area contributed by atoms with Gasteiger partial charge in [-0.15, -0.1) is 0 Å². The van der Waals surface area contributed by atoms with Gasteiger partial charge in [-0.1, -0.05) is 0 Å². The van der Waals surface area contributed by atoms with Crippen molar-refractivity contribution in [2.45, 2.75) is 18.6 Å². The summed E-state index contributed by atoms with van der Waals surface area (Å²) in [4.78, 5) is 5.66. The van der Waals surface area contributed by atoms with E-state index in [4.69, 9.17) is 5.26 Å². The highest BCUT2D eigenvalue weighted by Gasteiger charge is 2.34. The number of pyridine rings is 1. The van der Waals surface area contributed by atoms with E-state index < -0.39 is 23.8 Å². The number of hydrogen-bond acceptors (Lipinski definition) is 4. The van der Waals surface area contributed by atoms with Crippen LogP contribution in [0.4, 0.5) is 14.5 Å². The average Bonchev–Trinajstić information content (AvgIpc) is 2.91. The van der Waals surface area contributed by atoms with E-state index in [1.54, 1.807) is 17.0 Å². The fourth-order valence-corrected chi connectivity index (χ4v) is 2.82. The van der Waals surface area contributed by atoms with Crippen LogP contribution >= 0.6 is 0 Å². The zero-order chi connectivity index (χ0) is 15.7. The van der Waals surface area contributed by atoms with Gasteiger partial charge in [0.05, 0.1) is 12.1 Å². The summed E-state index contributed by atoms with van der Waals surface area (Å²) in [5.74, 6) is -1.04. The molecule has 0 aliphatic carbocycles. The van der Waals surface area contributed by atoms with E-state index in [-0.39, 0.29) is 17.8 Å². The monoisotopic (exact) mass is 301 g/mol. The molecule has 1 aliphatic heterocycles. The second-order valence-corrected chi connectivity index (χ2v) is 5.23. The van der Waals surface area contributed by atoms with E-state index >= 15 is 0 Å². The number of aliphatic hydroxyl groups excluding tert-OH is 1. The molecule has 2 heterocycles. The minimum Gasteiger partial charge on any atom is -0.391 e. The number of nitriles is 1. The first-order chi connectivity index (χ1) is 10.6. The standard InChI is InChI=1S/C16H13F2N3O/c17-10-1-2-15(18)14(5-10)16-7-13(22)9-21(16)12-3-4-20-11(6-12)8-19/h1-6,13,16,22H,7,9H2/t13-,16+/m1/s1. The van der Waals surface area contributed by atoms with Crippen LogP contribution in [0.3, 0.4) is 0 Å². The minimum absolute atomic E-state index is 0.201. The molecule has 112 valence electrons. The molecule has 2 atom stereocenters. The number of aliphatic hydroxyl groups is 1. The highest BCUT2D eigenvalue weighted by Crippen LogP contribution is 2.37. The Morgan fingerprint density at radius 1 is 1.27 bits per heavy atom. The second kappa shape index (κ2) is 5.70. The summed E-state index contributed by atoms with van der Waals surface area (Å²) in [5.41, 5.74) is 1.08. The summed E-state index contributed by atoms with van der Waals surface area (Å²) in [6.45, 7) is 0.287. The molecule has 1 aliphatic rings. The maximum Gasteiger partial charge on any atom is 0.142 e. The molecule has 0 radical (unpaired) electrons. The molecule has 0 saturated carbocycles. The third kappa shape index (κ3) is 2.63. The van der Waals surface area contributed by atoms with Crippen LogP contribution in [-0.4, -0.2) is 22.7 Å². The van der Waals surface area contributed by atoms with Crippen LogP contribution in [0.1, 0.15) is 23.7 Å². The molecule has 1 aromatic heterocycles. The first kappa shape index (κ1) is 14.4. The van der Waals surface area contributed by atoms with Crippen LogP contribution in [0, 0.1) is 23.0 Å². The fourth-order valence-electron chi connectivity index (χ4n) is 2.82. The lowest BCUT2D eigenvalue weighted by molar-refractivity contribution is 0.194. The summed E-state index contributed by atoms with van der Waals surface area (Å²) in [6, 6.07) is 8.01. The fraction of sp³-hybridized carbons (Fsp3) is 0.250. The predicted molar refractivity (Wildman–Crippen MR) is 76.0 cm³/mol. The van der Waals surface area contributed by atoms with Crippen LogP contribution in [0.2, 0.25) is 0 Å². The maximum atomic E-state index is 14.0. The Labute approximate surface area is 126 Å². The SMILES string of the molecule is N#Cc1cc(N2C[C@H](O)C[C@H]2c2cc(F)ccc2F)ccn1. The Hall–Kier alpha value is -2.52. The Morgan fingerprint density at radius 3 is 2.86 bits per heavy atom. The third-order valence-electron chi connectivity index (χ3n) is 3.79. The number of benzene rings is 1. The number of aromatic nitrogens is 1. The Balaban J connectivity index is 2.02. The molecule has 1 saturated heterocycles. The van der Waals surface area contributed by atoms with Crippen LogP contribution in [0.25, 0.3) is 0 Å². The van der Waals surface area contributed by atoms with Gasteiger partial charge in [-0.2, -0.15) is 5.26 Å². The molecule has 1 aromatic carbocycles. The molecule has 1 fully saturated rings. The van der Waals surface area contributed by atoms with E-state index in [9.17, 15) is 13.9 Å². The zero-order valence-electron chi connectivity index (χ0n) is 11.6. The number of nitrogens with zero attached hydrogens (tertiary/aromatic N) is 3. The van der Waals surface area contributed by atoms with Crippen LogP contribution in [0.15, 0.2) is 36.5 Å². The molecule has 6 heteroatoms. The van der Waals surface area contributed by atoms with Crippen molar-refractivity contribution in [3.63, 3.8) is 0 Å². The smallest absolute Gasteiger partial charge is 0.142 e. The van der Waals surface area contributed by atoms with E-state index in [2.05, 4.69) is 4.98 Å². The lowest BCUT2D eigenvalue weighted by atomic mass is 10.0. The van der Waals surface area contributed by atoms with Gasteiger partial charge in [0.15, 0.2) is 0 Å². The highest BCUT2D eigenvalue weighted by atomic mass is 19.1. The van der Waals surface area contributed by atoms with Gasteiger partial charge in [-0.3, -0.25) is 0 Å². The van der Waals surface area contributed by atoms with Crippen molar-refractivity contribution in [1.29, 1.82) is 5.26 Å². The second-order valence-electron chi connectivity index (χ2n) is 5.23. The molecule has 3 rings (SSSR count). The number of halogens is 2. The van der Waals surface area contributed by atoms with E-state index in [1.807, 2.05) is 6.07 Å². The number of anilines is 1. The summed E-state index contributed by atoms with van der Waals surface area (Å²) in [6.07, 6.45) is 1.13. The number of rotatable bonds is 2. The number of β-amino-alcohol motifs (C(OH)–C–C–N with tert-alkyl or cyclic N) is 1. The normalized spacial score (nSPS) is 20.9. The summed E-state index contributed by atoms with van der Waals surface area (Å²) in [7, 11) is 0. The van der Waals surface area contributed by atoms with Gasteiger partial charge in [0, 0.05) is 24.0 Å². The van der Waals surface area contributed by atoms with Crippen molar-refractivity contribution in [2.75, 3.05) is 11.4 Å². The van der Waals surface area contributed by atoms with Crippen molar-refractivity contribution in [3.8, 4) is 6.07 Å². The molecule has 1 N–H and O–H groups in total. The van der Waals surface area contributed by atoms with Crippen molar-refractivity contribution in [2.24, 2.45) is 0 Å². The first-order valence-corrected chi connectivity index (χ1v) is 6.84. The lowest BCUT2D eigenvalue weighted by Crippen LogP contribution is -2.25. The zero-order valence-corrected chi connectivity index (χ0v) is 11.6. The Morgan fingerprint density at radius 2 is 2.09 bits per heavy atom. The van der Waals surface area contributed by atoms with Gasteiger partial charge >= 0.3 is 0 Å². The van der Waals surface area contributed by atoms with Gasteiger partial charge < -0.3 is 10.0 Å². The van der Waals surface area contributed by atoms with Gasteiger partial charge in [0.2, 0.25) is 0 Å². The molecule has 22 heavy (non-hydrogen) atoms. The predicted octanol–water partition coefficient (Wildman–Crippen LogP) is 2.54. The summed E-state index contributed by atoms with van der Waals surface area (Å²) < 4.78 is 27.5. The molecular formula is C16H13F2N3O. The minimum atomic E-state index is -0.647. The van der Waals surface area contributed by atoms with Crippen LogP contribution < -0.4 is 4.90 Å². The average molecular weight is 301 g/mol. The highest BCUT2D eigenvalue weighted by molar-refractivity contribution is 5.52. The third-order valence-corrected chi connectivity index (χ3v) is 3.79. The molecule has 2 aromatic rings. The molecule has 0 amide bonds. The van der Waals surface area contributed by atoms with Crippen LogP contribution in [0.5, 0.6) is 0 Å². The van der Waals surface area contributed by atoms with Gasteiger partial charge in [-0.05, 0) is 36.8 Å². The number of hydrogen-bond donors (Lipinski definition) is 1. The van der Waals surface area contributed by atoms with Gasteiger partial charge in [0.1, 0.15) is 23.4 Å². The maximum absolute atomic E-state index is 14.0. The van der Waals surface area contributed by atoms with Crippen molar-refractivity contribution >= 4 is 5.69 Å². The van der Waals surface area contributed by atoms with E-state index in [1.165, 1.54) is 6.20 Å². The van der Waals surface area contributed by atoms with E-state index in [0.717, 1.165) is 18.2 Å². The molecule has 4 nitrogen and oxygen atoms in total. The molecule has 0 spiro atoms. The van der Waals surface area contributed by atoms with E-state index in [0.29, 0.717) is 12.1 Å². The molecule has 0 unspecified atom stereocenters. The summed E-state index contributed by atoms with van der Waals surface area (Å²) >= 11 is 0. The lowest BCUT2D eigenvalue weighted by Gasteiger charge is -2.27. The van der Waals surface area contributed by atoms with Crippen molar-refractivity contribution in [3.05, 3.63) is 59.4 Å². The van der Waals surface area contributed by atoms with Crippen molar-refractivity contribution in [1.82, 2.24) is 4.98 Å². The Kier molecular flexibility index (Phi) is 3.73. The van der Waals surface area contributed by atoms with Crippen molar-refractivity contribution < 1.29 is 13.9 Å². The summed E-state index contributed by atoms with van der Waals surface area (Å²) in [5, 5.41) is 18.9. The topological polar surface area (TPSA) is 60.2 Å². The van der Waals surface area contributed by atoms with Gasteiger partial charge in [0.25, 0.3) is 0 Å².